The fourth-order valence-electron chi connectivity index (χ4n) is 2.13. The standard InChI is InChI=1S/C14H20N2O4S/c1-3-20-14(17)9-16(12-6-7-12)21(18,19)13-8-11(15)5-4-10(13)2/h4-5,8,12H,3,6-7,9,15H2,1-2H3. The van der Waals surface area contributed by atoms with Gasteiger partial charge in [0.15, 0.2) is 0 Å². The summed E-state index contributed by atoms with van der Waals surface area (Å²) in [5.74, 6) is -0.533. The van der Waals surface area contributed by atoms with Crippen molar-refractivity contribution in [3.63, 3.8) is 0 Å². The summed E-state index contributed by atoms with van der Waals surface area (Å²) < 4.78 is 31.7. The highest BCUT2D eigenvalue weighted by Crippen LogP contribution is 2.33. The second-order valence-electron chi connectivity index (χ2n) is 5.11. The number of ether oxygens (including phenoxy) is 1. The molecular weight excluding hydrogens is 292 g/mol. The number of nitrogens with two attached hydrogens (primary N) is 1. The zero-order valence-corrected chi connectivity index (χ0v) is 13.0. The molecule has 7 heteroatoms. The van der Waals surface area contributed by atoms with Gasteiger partial charge in [0.2, 0.25) is 10.0 Å². The number of aryl methyl sites for hydroxylation is 1. The summed E-state index contributed by atoms with van der Waals surface area (Å²) in [6.07, 6.45) is 1.53. The van der Waals surface area contributed by atoms with Crippen molar-refractivity contribution >= 4 is 21.7 Å². The summed E-state index contributed by atoms with van der Waals surface area (Å²) >= 11 is 0. The lowest BCUT2D eigenvalue weighted by Gasteiger charge is -2.22. The van der Waals surface area contributed by atoms with Crippen LogP contribution in [0.2, 0.25) is 0 Å². The highest BCUT2D eigenvalue weighted by atomic mass is 32.2. The van der Waals surface area contributed by atoms with E-state index in [0.717, 1.165) is 12.8 Å². The van der Waals surface area contributed by atoms with Crippen LogP contribution in [0.1, 0.15) is 25.3 Å². The Morgan fingerprint density at radius 1 is 1.43 bits per heavy atom. The summed E-state index contributed by atoms with van der Waals surface area (Å²) in [5, 5.41) is 0. The van der Waals surface area contributed by atoms with Gasteiger partial charge >= 0.3 is 5.97 Å². The molecule has 0 aliphatic heterocycles. The Kier molecular flexibility index (Phi) is 4.53. The minimum atomic E-state index is -3.75. The number of anilines is 1. The van der Waals surface area contributed by atoms with Gasteiger partial charge in [0.1, 0.15) is 6.54 Å². The van der Waals surface area contributed by atoms with E-state index in [1.165, 1.54) is 10.4 Å². The van der Waals surface area contributed by atoms with E-state index in [1.54, 1.807) is 26.0 Å². The third-order valence-corrected chi connectivity index (χ3v) is 5.38. The topological polar surface area (TPSA) is 89.7 Å². The van der Waals surface area contributed by atoms with Gasteiger partial charge in [0.05, 0.1) is 11.5 Å². The molecule has 21 heavy (non-hydrogen) atoms. The number of esters is 1. The number of hydrogen-bond acceptors (Lipinski definition) is 5. The van der Waals surface area contributed by atoms with Crippen LogP contribution in [0.4, 0.5) is 5.69 Å². The minimum Gasteiger partial charge on any atom is -0.465 e. The van der Waals surface area contributed by atoms with E-state index in [1.807, 2.05) is 0 Å². The molecule has 6 nitrogen and oxygen atoms in total. The van der Waals surface area contributed by atoms with Crippen LogP contribution < -0.4 is 5.73 Å². The second-order valence-corrected chi connectivity index (χ2v) is 6.97. The Bertz CT molecular complexity index is 638. The number of rotatable bonds is 6. The van der Waals surface area contributed by atoms with Crippen LogP contribution in [0.5, 0.6) is 0 Å². The Balaban J connectivity index is 2.34. The molecule has 0 amide bonds. The van der Waals surface area contributed by atoms with Crippen molar-refractivity contribution < 1.29 is 17.9 Å². The Hall–Kier alpha value is -1.60. The number of sulfonamides is 1. The van der Waals surface area contributed by atoms with Crippen LogP contribution in [0, 0.1) is 6.92 Å². The van der Waals surface area contributed by atoms with E-state index in [9.17, 15) is 13.2 Å². The molecule has 1 aliphatic rings. The van der Waals surface area contributed by atoms with Gasteiger partial charge in [-0.25, -0.2) is 8.42 Å². The number of nitrogens with zero attached hydrogens (tertiary/aromatic N) is 1. The van der Waals surface area contributed by atoms with Crippen LogP contribution in [-0.4, -0.2) is 37.9 Å². The average Bonchev–Trinajstić information content (AvgIpc) is 3.23. The molecule has 0 radical (unpaired) electrons. The first-order valence-corrected chi connectivity index (χ1v) is 8.34. The van der Waals surface area contributed by atoms with Gasteiger partial charge in [-0.15, -0.1) is 0 Å². The molecule has 0 unspecified atom stereocenters. The molecule has 1 aromatic carbocycles. The van der Waals surface area contributed by atoms with E-state index >= 15 is 0 Å². The smallest absolute Gasteiger partial charge is 0.321 e. The summed E-state index contributed by atoms with van der Waals surface area (Å²) in [5.41, 5.74) is 6.68. The average molecular weight is 312 g/mol. The van der Waals surface area contributed by atoms with E-state index in [2.05, 4.69) is 0 Å². The summed E-state index contributed by atoms with van der Waals surface area (Å²) in [6, 6.07) is 4.63. The number of nitrogen functional groups attached to an aromatic ring is 1. The first-order chi connectivity index (χ1) is 9.86. The van der Waals surface area contributed by atoms with E-state index < -0.39 is 16.0 Å². The zero-order valence-electron chi connectivity index (χ0n) is 12.2. The van der Waals surface area contributed by atoms with Gasteiger partial charge in [0.25, 0.3) is 0 Å². The van der Waals surface area contributed by atoms with Gasteiger partial charge in [0, 0.05) is 11.7 Å². The maximum absolute atomic E-state index is 12.8. The van der Waals surface area contributed by atoms with Gasteiger partial charge in [-0.3, -0.25) is 4.79 Å². The van der Waals surface area contributed by atoms with Crippen molar-refractivity contribution in [2.45, 2.75) is 37.6 Å². The van der Waals surface area contributed by atoms with Crippen molar-refractivity contribution in [3.8, 4) is 0 Å². The Labute approximate surface area is 124 Å². The lowest BCUT2D eigenvalue weighted by Crippen LogP contribution is -2.38. The van der Waals surface area contributed by atoms with Crippen molar-refractivity contribution in [1.82, 2.24) is 4.31 Å². The molecule has 1 saturated carbocycles. The molecular formula is C14H20N2O4S. The van der Waals surface area contributed by atoms with Gasteiger partial charge < -0.3 is 10.5 Å². The van der Waals surface area contributed by atoms with Crippen LogP contribution in [0.3, 0.4) is 0 Å². The first-order valence-electron chi connectivity index (χ1n) is 6.90. The maximum Gasteiger partial charge on any atom is 0.321 e. The van der Waals surface area contributed by atoms with Gasteiger partial charge in [-0.05, 0) is 44.4 Å². The fourth-order valence-corrected chi connectivity index (χ4v) is 4.02. The molecule has 0 bridgehead atoms. The molecule has 2 N–H and O–H groups in total. The SMILES string of the molecule is CCOC(=O)CN(C1CC1)S(=O)(=O)c1cc(N)ccc1C. The largest absolute Gasteiger partial charge is 0.465 e. The molecule has 1 fully saturated rings. The van der Waals surface area contributed by atoms with Crippen LogP contribution >= 0.6 is 0 Å². The third-order valence-electron chi connectivity index (χ3n) is 3.34. The van der Waals surface area contributed by atoms with Crippen LogP contribution in [0.15, 0.2) is 23.1 Å². The van der Waals surface area contributed by atoms with Crippen LogP contribution in [0.25, 0.3) is 0 Å². The van der Waals surface area contributed by atoms with Crippen molar-refractivity contribution in [1.29, 1.82) is 0 Å². The zero-order chi connectivity index (χ0) is 15.6. The van der Waals surface area contributed by atoms with Gasteiger partial charge in [-0.2, -0.15) is 4.31 Å². The maximum atomic E-state index is 12.8. The van der Waals surface area contributed by atoms with E-state index in [4.69, 9.17) is 10.5 Å². The monoisotopic (exact) mass is 312 g/mol. The number of carbonyl (C=O) groups is 1. The molecule has 0 aromatic heterocycles. The predicted molar refractivity (Wildman–Crippen MR) is 79.1 cm³/mol. The quantitative estimate of drug-likeness (QED) is 0.631. The Morgan fingerprint density at radius 2 is 2.10 bits per heavy atom. The molecule has 1 aliphatic carbocycles. The number of benzene rings is 1. The summed E-state index contributed by atoms with van der Waals surface area (Å²) in [7, 11) is -3.75. The summed E-state index contributed by atoms with van der Waals surface area (Å²) in [6.45, 7) is 3.38. The Morgan fingerprint density at radius 3 is 2.67 bits per heavy atom. The highest BCUT2D eigenvalue weighted by molar-refractivity contribution is 7.89. The highest BCUT2D eigenvalue weighted by Gasteiger charge is 2.40. The molecule has 0 saturated heterocycles. The predicted octanol–water partition coefficient (Wildman–Crippen LogP) is 1.29. The van der Waals surface area contributed by atoms with Crippen LogP contribution in [-0.2, 0) is 19.6 Å². The van der Waals surface area contributed by atoms with E-state index in [0.29, 0.717) is 11.3 Å². The number of carbonyl (C=O) groups excluding carboxylic acids is 1. The van der Waals surface area contributed by atoms with Crippen molar-refractivity contribution in [2.75, 3.05) is 18.9 Å². The second kappa shape index (κ2) is 6.03. The lowest BCUT2D eigenvalue weighted by molar-refractivity contribution is -0.143. The van der Waals surface area contributed by atoms with Crippen molar-refractivity contribution in [2.24, 2.45) is 0 Å². The van der Waals surface area contributed by atoms with Gasteiger partial charge in [-0.1, -0.05) is 6.07 Å². The summed E-state index contributed by atoms with van der Waals surface area (Å²) in [4.78, 5) is 11.8. The molecule has 116 valence electrons. The molecule has 1 aromatic rings. The normalized spacial score (nSPS) is 15.2. The molecule has 2 rings (SSSR count). The third kappa shape index (κ3) is 3.54. The first kappa shape index (κ1) is 15.8. The minimum absolute atomic E-state index is 0.125. The number of hydrogen-bond donors (Lipinski definition) is 1. The molecule has 0 heterocycles. The van der Waals surface area contributed by atoms with E-state index in [-0.39, 0.29) is 24.1 Å². The van der Waals surface area contributed by atoms with Crippen molar-refractivity contribution in [3.05, 3.63) is 23.8 Å². The lowest BCUT2D eigenvalue weighted by atomic mass is 10.2. The molecule has 0 atom stereocenters. The molecule has 0 spiro atoms. The fraction of sp³-hybridized carbons (Fsp3) is 0.500.